The second kappa shape index (κ2) is 83.0. The van der Waals surface area contributed by atoms with Crippen molar-refractivity contribution in [1.29, 1.82) is 0 Å². The van der Waals surface area contributed by atoms with Gasteiger partial charge in [0.2, 0.25) is 0 Å². The summed E-state index contributed by atoms with van der Waals surface area (Å²) in [5.74, 6) is 0. The van der Waals surface area contributed by atoms with E-state index in [4.69, 9.17) is 23.8 Å². The zero-order valence-corrected chi connectivity index (χ0v) is 59.1. The van der Waals surface area contributed by atoms with Gasteiger partial charge in [0.25, 0.3) is 0 Å². The average Bonchev–Trinajstić information content (AvgIpc) is 3.44. The van der Waals surface area contributed by atoms with Crippen LogP contribution < -0.4 is 0 Å². The van der Waals surface area contributed by atoms with E-state index in [0.29, 0.717) is 39.2 Å². The third-order valence-electron chi connectivity index (χ3n) is 15.4. The van der Waals surface area contributed by atoms with E-state index in [1.165, 1.54) is 302 Å². The van der Waals surface area contributed by atoms with Gasteiger partial charge in [-0.1, -0.05) is 369 Å². The van der Waals surface area contributed by atoms with Gasteiger partial charge in [0.1, 0.15) is 0 Å². The maximum Gasteiger partial charge on any atom is 0.472 e. The van der Waals surface area contributed by atoms with Crippen LogP contribution in [0.4, 0.5) is 0 Å². The standard InChI is InChI=1S/C27H57O3P.C26H55O4P.2C8H18O.Ti/c1-3-5-7-9-11-13-15-17-19-21-23-25-27-31(28,29)30-26-24-22-20-18-16-14-12-10-8-6-4-2;1-3-5-7-9-11-13-15-17-19-21-23-25-29-31(27,28)30-26-24-22-20-18-16-14-12-10-8-6-4-2;2*1-2-3-4-5-6-7-8-9;/h3-27H2,1-2H3,(H,28,29);3-26H2,1-2H3,(H,27,28);2*9H,2-8H2,1H3;. The van der Waals surface area contributed by atoms with Crippen LogP contribution >= 0.6 is 15.4 Å². The van der Waals surface area contributed by atoms with Crippen LogP contribution in [0.25, 0.3) is 0 Å². The monoisotopic (exact) mass is 1230 g/mol. The largest absolute Gasteiger partial charge is 0.472 e. The molecule has 0 radical (unpaired) electrons. The van der Waals surface area contributed by atoms with E-state index in [1.54, 1.807) is 0 Å². The van der Waals surface area contributed by atoms with Crippen molar-refractivity contribution in [2.75, 3.05) is 39.2 Å². The van der Waals surface area contributed by atoms with Gasteiger partial charge in [-0.2, -0.15) is 0 Å². The van der Waals surface area contributed by atoms with Crippen LogP contribution in [0.15, 0.2) is 0 Å². The van der Waals surface area contributed by atoms with Gasteiger partial charge in [-0.15, -0.1) is 0 Å². The molecule has 0 bridgehead atoms. The first kappa shape index (κ1) is 90.6. The Balaban J connectivity index is -0.000000360. The third-order valence-corrected chi connectivity index (χ3v) is 17.8. The molecule has 0 aromatic carbocycles. The van der Waals surface area contributed by atoms with Crippen molar-refractivity contribution in [2.24, 2.45) is 0 Å². The predicted molar refractivity (Wildman–Crippen MR) is 354 cm³/mol. The van der Waals surface area contributed by atoms with Gasteiger partial charge >= 0.3 is 15.4 Å². The summed E-state index contributed by atoms with van der Waals surface area (Å²) >= 11 is 0. The average molecular weight is 1230 g/mol. The number of hydrogen-bond acceptors (Lipinski definition) is 7. The molecule has 0 fully saturated rings. The summed E-state index contributed by atoms with van der Waals surface area (Å²) in [5.41, 5.74) is 0. The number of phosphoric acid groups is 1. The fourth-order valence-corrected chi connectivity index (χ4v) is 11.9. The molecule has 0 amide bonds. The summed E-state index contributed by atoms with van der Waals surface area (Å²) in [5, 5.41) is 16.8. The predicted octanol–water partition coefficient (Wildman–Crippen LogP) is 24.6. The Hall–Kier alpha value is 0.894. The first-order chi connectivity index (χ1) is 39.1. The molecule has 0 aliphatic rings. The molecule has 4 N–H and O–H groups in total. The smallest absolute Gasteiger partial charge is 0.396 e. The molecule has 492 valence electrons. The van der Waals surface area contributed by atoms with E-state index in [-0.39, 0.29) is 21.7 Å². The molecular weight excluding hydrogens is 1080 g/mol. The van der Waals surface area contributed by atoms with Crippen molar-refractivity contribution >= 4 is 15.4 Å². The van der Waals surface area contributed by atoms with Crippen molar-refractivity contribution in [3.63, 3.8) is 0 Å². The van der Waals surface area contributed by atoms with Crippen molar-refractivity contribution in [1.82, 2.24) is 0 Å². The van der Waals surface area contributed by atoms with Crippen LogP contribution in [0.5, 0.6) is 0 Å². The zero-order chi connectivity index (χ0) is 59.7. The van der Waals surface area contributed by atoms with E-state index in [1.807, 2.05) is 0 Å². The summed E-state index contributed by atoms with van der Waals surface area (Å²) in [7, 11) is -7.20. The number of unbranched alkanes of at least 4 members (excludes halogenated alkanes) is 51. The molecule has 0 saturated carbocycles. The number of hydrogen-bond donors (Lipinski definition) is 4. The van der Waals surface area contributed by atoms with Crippen molar-refractivity contribution in [3.8, 4) is 0 Å². The van der Waals surface area contributed by atoms with Gasteiger partial charge in [-0.3, -0.25) is 13.6 Å². The molecule has 0 heterocycles. The van der Waals surface area contributed by atoms with Gasteiger partial charge < -0.3 is 24.5 Å². The van der Waals surface area contributed by atoms with Crippen LogP contribution in [0.2, 0.25) is 0 Å². The topological polar surface area (TPSA) is 143 Å². The maximum absolute atomic E-state index is 12.1. The van der Waals surface area contributed by atoms with Crippen LogP contribution in [-0.2, 0) is 44.4 Å². The molecule has 0 saturated heterocycles. The minimum absolute atomic E-state index is 0. The fraction of sp³-hybridized carbons (Fsp3) is 1.00. The first-order valence-corrected chi connectivity index (χ1v) is 39.1. The van der Waals surface area contributed by atoms with E-state index >= 15 is 0 Å². The van der Waals surface area contributed by atoms with E-state index in [9.17, 15) is 18.9 Å². The summed E-state index contributed by atoms with van der Waals surface area (Å²) in [6.07, 6.45) is 72.4. The zero-order valence-electron chi connectivity index (χ0n) is 55.8. The fourth-order valence-electron chi connectivity index (χ4n) is 9.90. The minimum Gasteiger partial charge on any atom is -0.396 e. The van der Waals surface area contributed by atoms with E-state index in [0.717, 1.165) is 64.2 Å². The molecule has 0 rings (SSSR count). The maximum atomic E-state index is 12.1. The van der Waals surface area contributed by atoms with Crippen molar-refractivity contribution in [2.45, 2.75) is 408 Å². The number of rotatable bonds is 64. The van der Waals surface area contributed by atoms with Crippen LogP contribution in [-0.4, -0.2) is 59.2 Å². The van der Waals surface area contributed by atoms with Crippen LogP contribution in [0, 0.1) is 0 Å². The Kier molecular flexibility index (Phi) is 92.8. The Bertz CT molecular complexity index is 993. The van der Waals surface area contributed by atoms with Crippen molar-refractivity contribution in [3.05, 3.63) is 0 Å². The first-order valence-electron chi connectivity index (χ1n) is 35.9. The molecule has 0 aromatic rings. The molecule has 0 spiro atoms. The number of aliphatic hydroxyl groups excluding tert-OH is 2. The quantitative estimate of drug-likeness (QED) is 0.0266. The van der Waals surface area contributed by atoms with Gasteiger partial charge in [-0.25, -0.2) is 4.57 Å². The van der Waals surface area contributed by atoms with Crippen LogP contribution in [0.3, 0.4) is 0 Å². The number of aliphatic hydroxyl groups is 2. The third kappa shape index (κ3) is 94.8. The minimum atomic E-state index is -3.85. The van der Waals surface area contributed by atoms with Gasteiger partial charge in [0.05, 0.1) is 19.8 Å². The van der Waals surface area contributed by atoms with Gasteiger partial charge in [0.15, 0.2) is 0 Å². The van der Waals surface area contributed by atoms with Gasteiger partial charge in [-0.05, 0) is 38.5 Å². The molecule has 1 atom stereocenters. The molecule has 1 unspecified atom stereocenters. The van der Waals surface area contributed by atoms with E-state index in [2.05, 4.69) is 41.5 Å². The van der Waals surface area contributed by atoms with Gasteiger partial charge in [0, 0.05) is 41.1 Å². The molecule has 9 nitrogen and oxygen atoms in total. The normalized spacial score (nSPS) is 12.0. The number of phosphoric ester groups is 1. The molecule has 12 heteroatoms. The Morgan fingerprint density at radius 2 is 0.395 bits per heavy atom. The summed E-state index contributed by atoms with van der Waals surface area (Å²) in [4.78, 5) is 19.7. The van der Waals surface area contributed by atoms with Crippen LogP contribution in [0.1, 0.15) is 408 Å². The molecule has 81 heavy (non-hydrogen) atoms. The summed E-state index contributed by atoms with van der Waals surface area (Å²) in [6.45, 7) is 15.3. The Labute approximate surface area is 523 Å². The summed E-state index contributed by atoms with van der Waals surface area (Å²) in [6, 6.07) is 0. The molecule has 0 aliphatic heterocycles. The van der Waals surface area contributed by atoms with E-state index < -0.39 is 15.4 Å². The summed E-state index contributed by atoms with van der Waals surface area (Å²) < 4.78 is 39.5. The molecule has 0 aliphatic carbocycles. The second-order valence-corrected chi connectivity index (χ2v) is 27.2. The second-order valence-electron chi connectivity index (χ2n) is 23.8. The van der Waals surface area contributed by atoms with Crippen molar-refractivity contribution < 1.29 is 64.4 Å². The Morgan fingerprint density at radius 3 is 0.593 bits per heavy atom. The molecular formula is C69H148O9P2Ti. The Morgan fingerprint density at radius 1 is 0.235 bits per heavy atom. The SMILES string of the molecule is CCCCCCCCCCCCCCP(=O)(O)OCCCCCCCCCCCCC.CCCCCCCCCCCCCOP(=O)(O)OCCCCCCCCCCCCC.CCCCCCCCO.CCCCCCCCO.[Ti]. The molecule has 0 aromatic heterocycles.